The predicted octanol–water partition coefficient (Wildman–Crippen LogP) is 2.39. The Kier molecular flexibility index (Phi) is 3.97. The van der Waals surface area contributed by atoms with Crippen LogP contribution in [0.2, 0.25) is 0 Å². The molecular weight excluding hydrogens is 254 g/mol. The molecule has 5 heteroatoms. The number of hydrogen-bond donors (Lipinski definition) is 0. The first-order valence-corrected chi connectivity index (χ1v) is 7.02. The van der Waals surface area contributed by atoms with Gasteiger partial charge in [-0.1, -0.05) is 0 Å². The van der Waals surface area contributed by atoms with Crippen LogP contribution in [0.15, 0.2) is 30.6 Å². The van der Waals surface area contributed by atoms with Gasteiger partial charge in [-0.15, -0.1) is 0 Å². The molecule has 20 heavy (non-hydrogen) atoms. The number of hydrogen-bond acceptors (Lipinski definition) is 4. The third-order valence-electron chi connectivity index (χ3n) is 3.65. The van der Waals surface area contributed by atoms with Crippen molar-refractivity contribution >= 4 is 0 Å². The van der Waals surface area contributed by atoms with E-state index in [0.717, 1.165) is 43.1 Å². The van der Waals surface area contributed by atoms with Crippen LogP contribution in [0.5, 0.6) is 5.75 Å². The van der Waals surface area contributed by atoms with E-state index in [4.69, 9.17) is 9.47 Å². The highest BCUT2D eigenvalue weighted by Gasteiger charge is 2.17. The quantitative estimate of drug-likeness (QED) is 0.839. The minimum absolute atomic E-state index is 0.385. The third kappa shape index (κ3) is 2.82. The number of nitrogens with zero attached hydrogens (tertiary/aromatic N) is 3. The second kappa shape index (κ2) is 6.05. The number of rotatable bonds is 5. The summed E-state index contributed by atoms with van der Waals surface area (Å²) in [7, 11) is 1.66. The van der Waals surface area contributed by atoms with Gasteiger partial charge < -0.3 is 9.47 Å². The first-order chi connectivity index (χ1) is 9.86. The summed E-state index contributed by atoms with van der Waals surface area (Å²) in [4.78, 5) is 4.36. The Morgan fingerprint density at radius 2 is 2.20 bits per heavy atom. The van der Waals surface area contributed by atoms with Gasteiger partial charge in [0.2, 0.25) is 0 Å². The van der Waals surface area contributed by atoms with Crippen LogP contribution in [0.25, 0.3) is 5.69 Å². The van der Waals surface area contributed by atoms with E-state index in [1.54, 1.807) is 13.4 Å². The Morgan fingerprint density at radius 1 is 1.35 bits per heavy atom. The van der Waals surface area contributed by atoms with Crippen LogP contribution < -0.4 is 4.74 Å². The van der Waals surface area contributed by atoms with Crippen LogP contribution in [-0.4, -0.2) is 34.6 Å². The average Bonchev–Trinajstić information content (AvgIpc) is 3.16. The fourth-order valence-corrected chi connectivity index (χ4v) is 2.54. The highest BCUT2D eigenvalue weighted by Crippen LogP contribution is 2.19. The van der Waals surface area contributed by atoms with Gasteiger partial charge in [0.25, 0.3) is 0 Å². The molecule has 1 aromatic heterocycles. The molecule has 0 aliphatic carbocycles. The van der Waals surface area contributed by atoms with Crippen molar-refractivity contribution in [2.75, 3.05) is 13.7 Å². The molecule has 0 amide bonds. The van der Waals surface area contributed by atoms with Crippen LogP contribution in [0.1, 0.15) is 25.1 Å². The summed E-state index contributed by atoms with van der Waals surface area (Å²) in [6.07, 6.45) is 6.23. The van der Waals surface area contributed by atoms with E-state index in [0.29, 0.717) is 6.10 Å². The summed E-state index contributed by atoms with van der Waals surface area (Å²) in [6.45, 7) is 0.899. The lowest BCUT2D eigenvalue weighted by Crippen LogP contribution is -2.10. The second-order valence-electron chi connectivity index (χ2n) is 4.96. The van der Waals surface area contributed by atoms with E-state index >= 15 is 0 Å². The summed E-state index contributed by atoms with van der Waals surface area (Å²) >= 11 is 0. The largest absolute Gasteiger partial charge is 0.497 e. The lowest BCUT2D eigenvalue weighted by molar-refractivity contribution is 0.104. The molecule has 2 aromatic rings. The Labute approximate surface area is 118 Å². The Bertz CT molecular complexity index is 545. The normalized spacial score (nSPS) is 18.4. The monoisotopic (exact) mass is 273 g/mol. The number of methoxy groups -OCH3 is 1. The van der Waals surface area contributed by atoms with Crippen LogP contribution in [0.3, 0.4) is 0 Å². The summed E-state index contributed by atoms with van der Waals surface area (Å²) in [6, 6.07) is 7.84. The molecule has 0 radical (unpaired) electrons. The van der Waals surface area contributed by atoms with Crippen molar-refractivity contribution in [2.24, 2.45) is 0 Å². The molecule has 1 saturated heterocycles. The molecule has 3 rings (SSSR count). The van der Waals surface area contributed by atoms with Gasteiger partial charge in [0.15, 0.2) is 0 Å². The van der Waals surface area contributed by atoms with E-state index in [-0.39, 0.29) is 0 Å². The smallest absolute Gasteiger partial charge is 0.138 e. The average molecular weight is 273 g/mol. The van der Waals surface area contributed by atoms with Gasteiger partial charge >= 0.3 is 0 Å². The molecule has 0 saturated carbocycles. The number of benzene rings is 1. The van der Waals surface area contributed by atoms with Gasteiger partial charge in [0, 0.05) is 13.0 Å². The lowest BCUT2D eigenvalue weighted by Gasteiger charge is -2.10. The molecule has 1 fully saturated rings. The van der Waals surface area contributed by atoms with Crippen LogP contribution in [0.4, 0.5) is 0 Å². The number of aromatic nitrogens is 3. The lowest BCUT2D eigenvalue weighted by atomic mass is 10.1. The molecule has 0 spiro atoms. The molecule has 1 aliphatic heterocycles. The molecule has 1 unspecified atom stereocenters. The second-order valence-corrected chi connectivity index (χ2v) is 4.96. The van der Waals surface area contributed by atoms with Crippen molar-refractivity contribution in [3.63, 3.8) is 0 Å². The Balaban J connectivity index is 1.71. The molecule has 0 N–H and O–H groups in total. The summed E-state index contributed by atoms with van der Waals surface area (Å²) in [5, 5.41) is 4.31. The highest BCUT2D eigenvalue weighted by atomic mass is 16.5. The van der Waals surface area contributed by atoms with Gasteiger partial charge in [-0.2, -0.15) is 5.10 Å². The van der Waals surface area contributed by atoms with Gasteiger partial charge in [-0.25, -0.2) is 9.67 Å². The minimum atomic E-state index is 0.385. The zero-order valence-corrected chi connectivity index (χ0v) is 11.7. The van der Waals surface area contributed by atoms with Crippen molar-refractivity contribution < 1.29 is 9.47 Å². The topological polar surface area (TPSA) is 49.2 Å². The van der Waals surface area contributed by atoms with Gasteiger partial charge in [-0.3, -0.25) is 0 Å². The summed E-state index contributed by atoms with van der Waals surface area (Å²) in [5.41, 5.74) is 1.01. The molecule has 1 aromatic carbocycles. The standard InChI is InChI=1S/C15H19N3O2/c1-19-13-6-4-12(5-7-13)18-15(16-11-17-18)9-8-14-3-2-10-20-14/h4-7,11,14H,2-3,8-10H2,1H3. The molecule has 106 valence electrons. The van der Waals surface area contributed by atoms with E-state index in [1.165, 1.54) is 6.42 Å². The predicted molar refractivity (Wildman–Crippen MR) is 75.2 cm³/mol. The minimum Gasteiger partial charge on any atom is -0.497 e. The van der Waals surface area contributed by atoms with Gasteiger partial charge in [0.1, 0.15) is 17.9 Å². The van der Waals surface area contributed by atoms with Crippen LogP contribution >= 0.6 is 0 Å². The summed E-state index contributed by atoms with van der Waals surface area (Å²) in [5.74, 6) is 1.82. The van der Waals surface area contributed by atoms with E-state index < -0.39 is 0 Å². The Morgan fingerprint density at radius 3 is 2.90 bits per heavy atom. The first kappa shape index (κ1) is 13.1. The number of ether oxygens (including phenoxy) is 2. The zero-order valence-electron chi connectivity index (χ0n) is 11.7. The van der Waals surface area contributed by atoms with E-state index in [9.17, 15) is 0 Å². The van der Waals surface area contributed by atoms with Crippen molar-refractivity contribution in [3.05, 3.63) is 36.4 Å². The summed E-state index contributed by atoms with van der Waals surface area (Å²) < 4.78 is 12.7. The van der Waals surface area contributed by atoms with Gasteiger partial charge in [-0.05, 0) is 43.5 Å². The van der Waals surface area contributed by atoms with Crippen LogP contribution in [-0.2, 0) is 11.2 Å². The molecule has 2 heterocycles. The molecule has 5 nitrogen and oxygen atoms in total. The zero-order chi connectivity index (χ0) is 13.8. The fourth-order valence-electron chi connectivity index (χ4n) is 2.54. The maximum Gasteiger partial charge on any atom is 0.138 e. The van der Waals surface area contributed by atoms with Crippen molar-refractivity contribution in [3.8, 4) is 11.4 Å². The SMILES string of the molecule is COc1ccc(-n2ncnc2CCC2CCCO2)cc1. The van der Waals surface area contributed by atoms with Crippen molar-refractivity contribution in [2.45, 2.75) is 31.8 Å². The van der Waals surface area contributed by atoms with Crippen molar-refractivity contribution in [1.29, 1.82) is 0 Å². The Hall–Kier alpha value is -1.88. The molecular formula is C15H19N3O2. The molecule has 0 bridgehead atoms. The fraction of sp³-hybridized carbons (Fsp3) is 0.467. The molecule has 1 aliphatic rings. The van der Waals surface area contributed by atoms with Crippen molar-refractivity contribution in [1.82, 2.24) is 14.8 Å². The maximum atomic E-state index is 5.65. The van der Waals surface area contributed by atoms with E-state index in [2.05, 4.69) is 10.1 Å². The maximum absolute atomic E-state index is 5.65. The third-order valence-corrected chi connectivity index (χ3v) is 3.65. The molecule has 1 atom stereocenters. The van der Waals surface area contributed by atoms with Gasteiger partial charge in [0.05, 0.1) is 18.9 Å². The highest BCUT2D eigenvalue weighted by molar-refractivity contribution is 5.37. The van der Waals surface area contributed by atoms with Crippen LogP contribution in [0, 0.1) is 0 Å². The number of aryl methyl sites for hydroxylation is 1. The first-order valence-electron chi connectivity index (χ1n) is 7.02. The van der Waals surface area contributed by atoms with E-state index in [1.807, 2.05) is 28.9 Å².